The fourth-order valence-electron chi connectivity index (χ4n) is 10.3. The number of carbonyl (C=O) groups excluding carboxylic acids is 3. The smallest absolute Gasteiger partial charge is 0.226 e. The lowest BCUT2D eigenvalue weighted by molar-refractivity contribution is -0.242. The molecule has 0 bridgehead atoms. The highest BCUT2D eigenvalue weighted by atomic mass is 16.3. The summed E-state index contributed by atoms with van der Waals surface area (Å²) in [5.41, 5.74) is -4.14. The lowest BCUT2D eigenvalue weighted by Crippen LogP contribution is -2.75. The van der Waals surface area contributed by atoms with E-state index in [2.05, 4.69) is 44.8 Å². The predicted molar refractivity (Wildman–Crippen MR) is 150 cm³/mol. The molecule has 3 saturated carbocycles. The molecule has 6 nitrogen and oxygen atoms in total. The Kier molecular flexibility index (Phi) is 5.91. The maximum atomic E-state index is 14.5. The summed E-state index contributed by atoms with van der Waals surface area (Å²) in [7, 11) is 0. The van der Waals surface area contributed by atoms with E-state index in [0.717, 1.165) is 24.8 Å². The van der Waals surface area contributed by atoms with Crippen LogP contribution in [0.1, 0.15) is 100 Å². The van der Waals surface area contributed by atoms with Crippen LogP contribution in [0.4, 0.5) is 0 Å². The van der Waals surface area contributed by atoms with Gasteiger partial charge in [-0.2, -0.15) is 0 Å². The fraction of sp³-hybridized carbons (Fsp3) is 0.758. The fourth-order valence-corrected chi connectivity index (χ4v) is 10.3. The van der Waals surface area contributed by atoms with E-state index in [1.165, 1.54) is 0 Å². The first-order valence-corrected chi connectivity index (χ1v) is 14.8. The summed E-state index contributed by atoms with van der Waals surface area (Å²) in [6, 6.07) is 0. The van der Waals surface area contributed by atoms with Gasteiger partial charge in [-0.25, -0.2) is 4.85 Å². The number of nitrogens with one attached hydrogen (secondary N) is 1. The summed E-state index contributed by atoms with van der Waals surface area (Å²) >= 11 is 0. The molecule has 39 heavy (non-hydrogen) atoms. The average Bonchev–Trinajstić information content (AvgIpc) is 2.85. The monoisotopic (exact) mass is 534 g/mol. The van der Waals surface area contributed by atoms with Crippen molar-refractivity contribution in [2.24, 2.45) is 44.3 Å². The van der Waals surface area contributed by atoms with Crippen molar-refractivity contribution in [2.75, 3.05) is 6.54 Å². The number of hydrogen-bond acceptors (Lipinski definition) is 4. The SMILES string of the molecule is [C-]#[N+]C1=C[C@]2(C)C3=CC(=O)[C@]4(O)[C@@H]5CC(C)(C)CC[C@]5(C(=O)NCC)CC[C@@]4(C)[C@]3(C)CC[C@H]2C(C)(C)C1=O. The van der Waals surface area contributed by atoms with Crippen molar-refractivity contribution in [3.05, 3.63) is 34.8 Å². The largest absolute Gasteiger partial charge is 0.381 e. The Morgan fingerprint density at radius 3 is 2.28 bits per heavy atom. The van der Waals surface area contributed by atoms with Crippen LogP contribution in [-0.2, 0) is 14.4 Å². The van der Waals surface area contributed by atoms with Crippen LogP contribution in [0.3, 0.4) is 0 Å². The third-order valence-corrected chi connectivity index (χ3v) is 12.8. The summed E-state index contributed by atoms with van der Waals surface area (Å²) in [6.07, 6.45) is 8.40. The Bertz CT molecular complexity index is 1270. The number of aliphatic hydroxyl groups is 1. The van der Waals surface area contributed by atoms with E-state index in [-0.39, 0.29) is 34.5 Å². The molecule has 5 aliphatic carbocycles. The van der Waals surface area contributed by atoms with E-state index in [1.54, 1.807) is 6.08 Å². The van der Waals surface area contributed by atoms with Crippen LogP contribution < -0.4 is 5.32 Å². The number of rotatable bonds is 2. The molecule has 0 heterocycles. The number of amides is 1. The van der Waals surface area contributed by atoms with Gasteiger partial charge in [0.15, 0.2) is 11.6 Å². The molecule has 0 aliphatic heterocycles. The van der Waals surface area contributed by atoms with Crippen molar-refractivity contribution in [1.29, 1.82) is 0 Å². The zero-order valence-corrected chi connectivity index (χ0v) is 25.1. The normalized spacial score (nSPS) is 45.8. The Hall–Kier alpha value is -2.26. The quantitative estimate of drug-likeness (QED) is 0.438. The van der Waals surface area contributed by atoms with Gasteiger partial charge in [-0.3, -0.25) is 9.59 Å². The molecule has 212 valence electrons. The maximum absolute atomic E-state index is 14.5. The molecule has 5 aliphatic rings. The van der Waals surface area contributed by atoms with Gasteiger partial charge in [-0.05, 0) is 74.7 Å². The zero-order chi connectivity index (χ0) is 29.0. The van der Waals surface area contributed by atoms with Crippen molar-refractivity contribution in [3.63, 3.8) is 0 Å². The topological polar surface area (TPSA) is 87.8 Å². The average molecular weight is 535 g/mol. The second-order valence-corrected chi connectivity index (χ2v) is 15.4. The first-order chi connectivity index (χ1) is 17.9. The van der Waals surface area contributed by atoms with Crippen LogP contribution in [-0.4, -0.2) is 34.7 Å². The number of hydrogen-bond donors (Lipinski definition) is 2. The summed E-state index contributed by atoms with van der Waals surface area (Å²) in [5.74, 6) is -0.978. The highest BCUT2D eigenvalue weighted by Gasteiger charge is 2.76. The minimum Gasteiger partial charge on any atom is -0.381 e. The van der Waals surface area contributed by atoms with Crippen molar-refractivity contribution in [1.82, 2.24) is 5.32 Å². The van der Waals surface area contributed by atoms with Gasteiger partial charge in [0.25, 0.3) is 0 Å². The second kappa shape index (κ2) is 8.15. The van der Waals surface area contributed by atoms with Crippen LogP contribution >= 0.6 is 0 Å². The lowest BCUT2D eigenvalue weighted by Gasteiger charge is -2.71. The highest BCUT2D eigenvalue weighted by molar-refractivity contribution is 6.04. The van der Waals surface area contributed by atoms with Crippen molar-refractivity contribution >= 4 is 17.5 Å². The van der Waals surface area contributed by atoms with Gasteiger partial charge >= 0.3 is 0 Å². The highest BCUT2D eigenvalue weighted by Crippen LogP contribution is 2.75. The number of nitrogens with zero attached hydrogens (tertiary/aromatic N) is 1. The Morgan fingerprint density at radius 1 is 1.03 bits per heavy atom. The maximum Gasteiger partial charge on any atom is 0.226 e. The first kappa shape index (κ1) is 28.3. The van der Waals surface area contributed by atoms with E-state index in [1.807, 2.05) is 26.8 Å². The number of fused-ring (bicyclic) bond motifs is 7. The number of Topliss-reactive ketones (excluding diaryl/α,β-unsaturated/α-hetero) is 1. The molecule has 0 unspecified atom stereocenters. The predicted octanol–water partition coefficient (Wildman–Crippen LogP) is 5.81. The van der Waals surface area contributed by atoms with E-state index < -0.39 is 38.6 Å². The molecule has 6 heteroatoms. The summed E-state index contributed by atoms with van der Waals surface area (Å²) in [4.78, 5) is 45.1. The van der Waals surface area contributed by atoms with Crippen LogP contribution in [0.25, 0.3) is 4.85 Å². The van der Waals surface area contributed by atoms with E-state index >= 15 is 0 Å². The van der Waals surface area contributed by atoms with E-state index in [0.29, 0.717) is 32.2 Å². The lowest BCUT2D eigenvalue weighted by atomic mass is 9.33. The molecule has 0 aromatic heterocycles. The van der Waals surface area contributed by atoms with Gasteiger partial charge in [0.2, 0.25) is 11.6 Å². The molecular weight excluding hydrogens is 488 g/mol. The second-order valence-electron chi connectivity index (χ2n) is 15.4. The van der Waals surface area contributed by atoms with Crippen LogP contribution in [0.5, 0.6) is 0 Å². The van der Waals surface area contributed by atoms with Crippen LogP contribution in [0.15, 0.2) is 23.4 Å². The number of ketones is 2. The van der Waals surface area contributed by atoms with Crippen molar-refractivity contribution < 1.29 is 19.5 Å². The third kappa shape index (κ3) is 3.20. The molecule has 0 aromatic rings. The van der Waals surface area contributed by atoms with Crippen molar-refractivity contribution in [2.45, 2.75) is 106 Å². The first-order valence-electron chi connectivity index (χ1n) is 14.8. The molecular formula is C33H46N2O4. The van der Waals surface area contributed by atoms with Crippen LogP contribution in [0, 0.1) is 50.9 Å². The third-order valence-electron chi connectivity index (χ3n) is 12.8. The summed E-state index contributed by atoms with van der Waals surface area (Å²) in [5, 5.41) is 16.0. The van der Waals surface area contributed by atoms with Crippen molar-refractivity contribution in [3.8, 4) is 0 Å². The molecule has 0 radical (unpaired) electrons. The van der Waals surface area contributed by atoms with Gasteiger partial charge in [0, 0.05) is 28.7 Å². The van der Waals surface area contributed by atoms with E-state index in [9.17, 15) is 19.5 Å². The molecule has 0 aromatic carbocycles. The van der Waals surface area contributed by atoms with Gasteiger partial charge in [-0.15, -0.1) is 0 Å². The van der Waals surface area contributed by atoms with Gasteiger partial charge in [-0.1, -0.05) is 60.1 Å². The number of allylic oxidation sites excluding steroid dienone is 3. The number of carbonyl (C=O) groups is 3. The molecule has 2 N–H and O–H groups in total. The molecule has 1 amide bonds. The zero-order valence-electron chi connectivity index (χ0n) is 25.1. The van der Waals surface area contributed by atoms with Gasteiger partial charge in [0.05, 0.1) is 12.0 Å². The van der Waals surface area contributed by atoms with E-state index in [4.69, 9.17) is 6.57 Å². The Balaban J connectivity index is 1.74. The molecule has 7 atom stereocenters. The molecule has 5 rings (SSSR count). The Morgan fingerprint density at radius 2 is 1.67 bits per heavy atom. The van der Waals surface area contributed by atoms with Crippen LogP contribution in [0.2, 0.25) is 0 Å². The van der Waals surface area contributed by atoms with Gasteiger partial charge < -0.3 is 15.2 Å². The van der Waals surface area contributed by atoms with Gasteiger partial charge in [0.1, 0.15) is 5.60 Å². The minimum atomic E-state index is -1.68. The molecule has 3 fully saturated rings. The summed E-state index contributed by atoms with van der Waals surface area (Å²) in [6.45, 7) is 24.8. The summed E-state index contributed by atoms with van der Waals surface area (Å²) < 4.78 is 0. The standard InChI is InChI=1S/C33H46N2O4/c1-10-35-26(38)32-15-13-27(2,3)19-23(32)33(39)24(36)17-22-29(6)18-20(34-9)25(37)28(4,5)21(29)11-12-30(22,7)31(33,8)14-16-32/h17-18,21,23,39H,10-16,19H2,1-8H3,(H,35,38)/t21-,23+,29-,30+,31-,32-,33+/m0/s1. The molecule has 0 saturated heterocycles. The Labute approximate surface area is 233 Å². The molecule has 0 spiro atoms. The minimum absolute atomic E-state index is 0.0263.